The number of hydrogen-bond acceptors (Lipinski definition) is 2. The zero-order valence-corrected chi connectivity index (χ0v) is 10.3. The molecule has 17 heavy (non-hydrogen) atoms. The van der Waals surface area contributed by atoms with Crippen molar-refractivity contribution in [3.8, 4) is 0 Å². The van der Waals surface area contributed by atoms with Crippen molar-refractivity contribution >= 4 is 5.91 Å². The van der Waals surface area contributed by atoms with E-state index >= 15 is 0 Å². The number of aliphatic hydroxyl groups is 1. The molecule has 94 valence electrons. The minimum atomic E-state index is -0.681. The first-order chi connectivity index (χ1) is 8.14. The molecule has 0 aliphatic heterocycles. The first-order valence-electron chi connectivity index (χ1n) is 6.30. The van der Waals surface area contributed by atoms with E-state index in [9.17, 15) is 9.90 Å². The van der Waals surface area contributed by atoms with Gasteiger partial charge >= 0.3 is 0 Å². The van der Waals surface area contributed by atoms with Gasteiger partial charge in [-0.3, -0.25) is 4.79 Å². The van der Waals surface area contributed by atoms with Gasteiger partial charge in [0.25, 0.3) is 5.91 Å². The van der Waals surface area contributed by atoms with Gasteiger partial charge in [0, 0.05) is 19.3 Å². The van der Waals surface area contributed by atoms with Crippen LogP contribution in [0.2, 0.25) is 0 Å². The van der Waals surface area contributed by atoms with Crippen LogP contribution in [0.25, 0.3) is 0 Å². The number of nitrogens with zero attached hydrogens (tertiary/aromatic N) is 1. The summed E-state index contributed by atoms with van der Waals surface area (Å²) in [7, 11) is 0. The Morgan fingerprint density at radius 1 is 1.53 bits per heavy atom. The van der Waals surface area contributed by atoms with E-state index in [4.69, 9.17) is 0 Å². The van der Waals surface area contributed by atoms with E-state index in [1.807, 2.05) is 23.8 Å². The molecular formula is C13H20N2O2. The monoisotopic (exact) mass is 236 g/mol. The Hall–Kier alpha value is -1.29. The number of carbonyl (C=O) groups is 1. The predicted molar refractivity (Wildman–Crippen MR) is 65.9 cm³/mol. The summed E-state index contributed by atoms with van der Waals surface area (Å²) in [5, 5.41) is 13.0. The van der Waals surface area contributed by atoms with Crippen molar-refractivity contribution in [3.05, 3.63) is 24.0 Å². The minimum Gasteiger partial charge on any atom is -0.388 e. The summed E-state index contributed by atoms with van der Waals surface area (Å²) in [6, 6.07) is 3.67. The molecule has 0 unspecified atom stereocenters. The molecule has 2 rings (SSSR count). The maximum atomic E-state index is 11.9. The van der Waals surface area contributed by atoms with E-state index in [2.05, 4.69) is 5.32 Å². The van der Waals surface area contributed by atoms with Crippen molar-refractivity contribution in [2.24, 2.45) is 0 Å². The molecule has 1 saturated carbocycles. The normalized spacial score (nSPS) is 18.2. The average molecular weight is 236 g/mol. The summed E-state index contributed by atoms with van der Waals surface area (Å²) in [6.07, 6.45) is 5.58. The molecule has 1 fully saturated rings. The van der Waals surface area contributed by atoms with Crippen LogP contribution in [0.3, 0.4) is 0 Å². The minimum absolute atomic E-state index is 0.0998. The fraction of sp³-hybridized carbons (Fsp3) is 0.615. The van der Waals surface area contributed by atoms with Crippen LogP contribution in [0.4, 0.5) is 0 Å². The van der Waals surface area contributed by atoms with E-state index in [1.54, 1.807) is 6.07 Å². The van der Waals surface area contributed by atoms with Crippen LogP contribution in [0.15, 0.2) is 18.3 Å². The molecule has 0 radical (unpaired) electrons. The average Bonchev–Trinajstić information content (AvgIpc) is 2.95. The van der Waals surface area contributed by atoms with Crippen molar-refractivity contribution in [1.29, 1.82) is 0 Å². The molecule has 4 heteroatoms. The van der Waals surface area contributed by atoms with E-state index in [0.29, 0.717) is 12.2 Å². The number of carbonyl (C=O) groups excluding carboxylic acids is 1. The molecule has 0 aromatic carbocycles. The molecule has 1 aliphatic carbocycles. The van der Waals surface area contributed by atoms with Crippen molar-refractivity contribution in [1.82, 2.24) is 9.88 Å². The Bertz CT molecular complexity index is 392. The zero-order chi connectivity index (χ0) is 12.3. The van der Waals surface area contributed by atoms with Gasteiger partial charge in [0.1, 0.15) is 5.69 Å². The second kappa shape index (κ2) is 4.92. The van der Waals surface area contributed by atoms with Crippen LogP contribution in [0.5, 0.6) is 0 Å². The summed E-state index contributed by atoms with van der Waals surface area (Å²) in [5.41, 5.74) is -0.0201. The molecule has 1 aromatic heterocycles. The van der Waals surface area contributed by atoms with Gasteiger partial charge in [0.05, 0.1) is 5.60 Å². The molecule has 0 bridgehead atoms. The summed E-state index contributed by atoms with van der Waals surface area (Å²) in [4.78, 5) is 11.9. The van der Waals surface area contributed by atoms with Gasteiger partial charge in [-0.25, -0.2) is 0 Å². The van der Waals surface area contributed by atoms with E-state index in [0.717, 1.165) is 32.2 Å². The lowest BCUT2D eigenvalue weighted by atomic mass is 10.0. The molecule has 1 aliphatic rings. The van der Waals surface area contributed by atoms with Crippen LogP contribution in [-0.2, 0) is 6.54 Å². The number of aromatic nitrogens is 1. The lowest BCUT2D eigenvalue weighted by molar-refractivity contribution is 0.0447. The molecular weight excluding hydrogens is 216 g/mol. The fourth-order valence-electron chi connectivity index (χ4n) is 2.44. The van der Waals surface area contributed by atoms with Gasteiger partial charge in [0.15, 0.2) is 0 Å². The highest BCUT2D eigenvalue weighted by atomic mass is 16.3. The van der Waals surface area contributed by atoms with Crippen molar-refractivity contribution in [3.63, 3.8) is 0 Å². The molecule has 1 aromatic rings. The predicted octanol–water partition coefficient (Wildman–Crippen LogP) is 1.54. The summed E-state index contributed by atoms with van der Waals surface area (Å²) < 4.78 is 1.90. The second-order valence-corrected chi connectivity index (χ2v) is 4.79. The third-order valence-electron chi connectivity index (χ3n) is 3.52. The molecule has 1 heterocycles. The van der Waals surface area contributed by atoms with Crippen LogP contribution in [0, 0.1) is 0 Å². The van der Waals surface area contributed by atoms with Crippen molar-refractivity contribution in [2.45, 2.75) is 44.8 Å². The number of rotatable bonds is 4. The molecule has 1 amide bonds. The summed E-state index contributed by atoms with van der Waals surface area (Å²) in [6.45, 7) is 3.14. The van der Waals surface area contributed by atoms with Gasteiger partial charge < -0.3 is 15.0 Å². The largest absolute Gasteiger partial charge is 0.388 e. The van der Waals surface area contributed by atoms with Gasteiger partial charge in [-0.15, -0.1) is 0 Å². The third-order valence-corrected chi connectivity index (χ3v) is 3.52. The first-order valence-corrected chi connectivity index (χ1v) is 6.30. The van der Waals surface area contributed by atoms with Gasteiger partial charge in [-0.05, 0) is 31.9 Å². The van der Waals surface area contributed by atoms with Crippen LogP contribution in [-0.4, -0.2) is 27.7 Å². The number of aryl methyl sites for hydroxylation is 1. The molecule has 0 saturated heterocycles. The number of nitrogens with one attached hydrogen (secondary N) is 1. The van der Waals surface area contributed by atoms with Gasteiger partial charge in [-0.1, -0.05) is 12.8 Å². The van der Waals surface area contributed by atoms with E-state index in [-0.39, 0.29) is 5.91 Å². The van der Waals surface area contributed by atoms with E-state index < -0.39 is 5.60 Å². The molecule has 0 spiro atoms. The Labute approximate surface area is 102 Å². The Morgan fingerprint density at radius 3 is 2.88 bits per heavy atom. The maximum Gasteiger partial charge on any atom is 0.268 e. The second-order valence-electron chi connectivity index (χ2n) is 4.79. The highest BCUT2D eigenvalue weighted by molar-refractivity contribution is 5.92. The topological polar surface area (TPSA) is 54.3 Å². The zero-order valence-electron chi connectivity index (χ0n) is 10.3. The Kier molecular flexibility index (Phi) is 3.52. The highest BCUT2D eigenvalue weighted by Gasteiger charge is 2.31. The van der Waals surface area contributed by atoms with Crippen molar-refractivity contribution < 1.29 is 9.90 Å². The molecule has 2 N–H and O–H groups in total. The fourth-order valence-corrected chi connectivity index (χ4v) is 2.44. The van der Waals surface area contributed by atoms with Crippen molar-refractivity contribution in [2.75, 3.05) is 6.54 Å². The van der Waals surface area contributed by atoms with E-state index in [1.165, 1.54) is 0 Å². The smallest absolute Gasteiger partial charge is 0.268 e. The lowest BCUT2D eigenvalue weighted by Gasteiger charge is -2.22. The maximum absolute atomic E-state index is 11.9. The quantitative estimate of drug-likeness (QED) is 0.833. The van der Waals surface area contributed by atoms with Crippen LogP contribution >= 0.6 is 0 Å². The number of amides is 1. The standard InChI is InChI=1S/C13H20N2O2/c1-2-15-9-5-6-11(15)12(16)14-10-13(17)7-3-4-8-13/h5-6,9,17H,2-4,7-8,10H2,1H3,(H,14,16). The number of hydrogen-bond donors (Lipinski definition) is 2. The third kappa shape index (κ3) is 2.69. The Morgan fingerprint density at radius 2 is 2.24 bits per heavy atom. The van der Waals surface area contributed by atoms with Gasteiger partial charge in [0.2, 0.25) is 0 Å². The molecule has 0 atom stereocenters. The molecule has 4 nitrogen and oxygen atoms in total. The lowest BCUT2D eigenvalue weighted by Crippen LogP contribution is -2.41. The summed E-state index contributed by atoms with van der Waals surface area (Å²) in [5.74, 6) is -0.0998. The van der Waals surface area contributed by atoms with Gasteiger partial charge in [-0.2, -0.15) is 0 Å². The van der Waals surface area contributed by atoms with Crippen LogP contribution < -0.4 is 5.32 Å². The Balaban J connectivity index is 1.93. The first kappa shape index (κ1) is 12.2. The van der Waals surface area contributed by atoms with Crippen LogP contribution in [0.1, 0.15) is 43.1 Å². The highest BCUT2D eigenvalue weighted by Crippen LogP contribution is 2.28. The SMILES string of the molecule is CCn1cccc1C(=O)NCC1(O)CCCC1. The summed E-state index contributed by atoms with van der Waals surface area (Å²) >= 11 is 0.